The molecular weight excluding hydrogens is 383 g/mol. The maximum absolute atomic E-state index is 12.1. The number of benzene rings is 1. The summed E-state index contributed by atoms with van der Waals surface area (Å²) in [4.78, 5) is 30.6. The van der Waals surface area contributed by atoms with Crippen molar-refractivity contribution in [3.8, 4) is 0 Å². The fourth-order valence-corrected chi connectivity index (χ4v) is 2.62. The lowest BCUT2D eigenvalue weighted by molar-refractivity contribution is 0.174. The molecule has 0 saturated heterocycles. The van der Waals surface area contributed by atoms with Crippen molar-refractivity contribution < 1.29 is 9.63 Å². The number of H-pyrrole nitrogens is 1. The minimum Gasteiger partial charge on any atom is -0.388 e. The Morgan fingerprint density at radius 2 is 1.96 bits per heavy atom. The Balaban J connectivity index is 1.77. The highest BCUT2D eigenvalue weighted by atomic mass is 35.5. The minimum atomic E-state index is -0.849. The van der Waals surface area contributed by atoms with Gasteiger partial charge in [0.05, 0.1) is 6.10 Å². The van der Waals surface area contributed by atoms with Crippen molar-refractivity contribution in [3.05, 3.63) is 78.1 Å². The molecule has 1 atom stereocenters. The summed E-state index contributed by atoms with van der Waals surface area (Å²) in [5.74, 6) is 0.293. The predicted molar refractivity (Wildman–Crippen MR) is 94.6 cm³/mol. The zero-order valence-corrected chi connectivity index (χ0v) is 15.1. The highest BCUT2D eigenvalue weighted by Gasteiger charge is 2.16. The number of aliphatic hydroxyl groups excluding tert-OH is 1. The zero-order chi connectivity index (χ0) is 18.8. The number of aromatic amines is 1. The number of aliphatic hydroxyl groups is 1. The van der Waals surface area contributed by atoms with Crippen LogP contribution in [0, 0.1) is 6.92 Å². The molecule has 0 radical (unpaired) electrons. The van der Waals surface area contributed by atoms with Crippen molar-refractivity contribution in [2.75, 3.05) is 0 Å². The molecule has 2 N–H and O–H groups in total. The van der Waals surface area contributed by atoms with Gasteiger partial charge >= 0.3 is 5.69 Å². The molecule has 1 aromatic carbocycles. The van der Waals surface area contributed by atoms with Crippen LogP contribution in [0.15, 0.2) is 38.4 Å². The Kier molecular flexibility index (Phi) is 5.26. The van der Waals surface area contributed by atoms with Crippen LogP contribution in [0.5, 0.6) is 0 Å². The van der Waals surface area contributed by atoms with Gasteiger partial charge < -0.3 is 14.6 Å². The molecule has 0 aliphatic rings. The molecule has 136 valence electrons. The van der Waals surface area contributed by atoms with Gasteiger partial charge in [0.2, 0.25) is 5.89 Å². The molecule has 0 amide bonds. The molecule has 0 unspecified atom stereocenters. The Morgan fingerprint density at radius 3 is 2.65 bits per heavy atom. The highest BCUT2D eigenvalue weighted by Crippen LogP contribution is 2.19. The van der Waals surface area contributed by atoms with Crippen LogP contribution < -0.4 is 11.2 Å². The summed E-state index contributed by atoms with van der Waals surface area (Å²) in [5, 5.41) is 14.5. The lowest BCUT2D eigenvalue weighted by Gasteiger charge is -2.08. The number of halogens is 2. The minimum absolute atomic E-state index is 0.0517. The topological polar surface area (TPSA) is 114 Å². The Labute approximate surface area is 157 Å². The standard InChI is InChI=1S/C16H14Cl2N4O4/c1-8-14(18)15(24)22(16(25)19-8)7-13-20-12(21-26-13)6-11(23)9-2-4-10(17)5-3-9/h2-5,11,23H,6-7H2,1H3,(H,19,25)/t11-/m0/s1. The molecule has 10 heteroatoms. The number of nitrogens with one attached hydrogen (secondary N) is 1. The molecule has 0 aliphatic carbocycles. The van der Waals surface area contributed by atoms with Crippen LogP contribution in [0.4, 0.5) is 0 Å². The normalized spacial score (nSPS) is 12.3. The number of aromatic nitrogens is 4. The van der Waals surface area contributed by atoms with Crippen molar-refractivity contribution in [2.45, 2.75) is 26.0 Å². The van der Waals surface area contributed by atoms with E-state index in [1.165, 1.54) is 6.92 Å². The first-order valence-corrected chi connectivity index (χ1v) is 8.35. The number of hydrogen-bond donors (Lipinski definition) is 2. The van der Waals surface area contributed by atoms with E-state index in [1.54, 1.807) is 24.3 Å². The number of rotatable bonds is 5. The van der Waals surface area contributed by atoms with Crippen molar-refractivity contribution >= 4 is 23.2 Å². The molecule has 8 nitrogen and oxygen atoms in total. The fourth-order valence-electron chi connectivity index (χ4n) is 2.35. The van der Waals surface area contributed by atoms with Crippen molar-refractivity contribution in [1.29, 1.82) is 0 Å². The van der Waals surface area contributed by atoms with Gasteiger partial charge in [-0.1, -0.05) is 40.5 Å². The van der Waals surface area contributed by atoms with E-state index in [4.69, 9.17) is 27.7 Å². The van der Waals surface area contributed by atoms with Gasteiger partial charge in [-0.05, 0) is 24.6 Å². The molecule has 0 spiro atoms. The maximum Gasteiger partial charge on any atom is 0.329 e. The number of aryl methyl sites for hydroxylation is 1. The van der Waals surface area contributed by atoms with Gasteiger partial charge in [-0.3, -0.25) is 4.79 Å². The second-order valence-electron chi connectivity index (χ2n) is 5.64. The van der Waals surface area contributed by atoms with Crippen LogP contribution in [0.3, 0.4) is 0 Å². The van der Waals surface area contributed by atoms with E-state index in [0.29, 0.717) is 10.6 Å². The maximum atomic E-state index is 12.1. The quantitative estimate of drug-likeness (QED) is 0.679. The van der Waals surface area contributed by atoms with Crippen molar-refractivity contribution in [3.63, 3.8) is 0 Å². The van der Waals surface area contributed by atoms with E-state index in [9.17, 15) is 14.7 Å². The molecule has 26 heavy (non-hydrogen) atoms. The summed E-state index contributed by atoms with van der Waals surface area (Å²) in [6.07, 6.45) is -0.747. The smallest absolute Gasteiger partial charge is 0.329 e. The van der Waals surface area contributed by atoms with Crippen LogP contribution in [-0.4, -0.2) is 24.8 Å². The van der Waals surface area contributed by atoms with E-state index in [2.05, 4.69) is 15.1 Å². The van der Waals surface area contributed by atoms with Crippen LogP contribution >= 0.6 is 23.2 Å². The van der Waals surface area contributed by atoms with E-state index in [0.717, 1.165) is 4.57 Å². The Morgan fingerprint density at radius 1 is 1.27 bits per heavy atom. The Hall–Kier alpha value is -2.42. The monoisotopic (exact) mass is 396 g/mol. The third-order valence-corrected chi connectivity index (χ3v) is 4.43. The van der Waals surface area contributed by atoms with Crippen LogP contribution in [0.25, 0.3) is 0 Å². The summed E-state index contributed by atoms with van der Waals surface area (Å²) >= 11 is 11.7. The largest absolute Gasteiger partial charge is 0.388 e. The van der Waals surface area contributed by atoms with Gasteiger partial charge in [0, 0.05) is 17.1 Å². The predicted octanol–water partition coefficient (Wildman–Crippen LogP) is 1.86. The fraction of sp³-hybridized carbons (Fsp3) is 0.250. The van der Waals surface area contributed by atoms with E-state index in [1.807, 2.05) is 0 Å². The molecule has 0 saturated carbocycles. The lowest BCUT2D eigenvalue weighted by atomic mass is 10.1. The second-order valence-corrected chi connectivity index (χ2v) is 6.45. The summed E-state index contributed by atoms with van der Waals surface area (Å²) in [6, 6.07) is 6.73. The summed E-state index contributed by atoms with van der Waals surface area (Å²) in [6.45, 7) is 1.30. The average molecular weight is 397 g/mol. The molecule has 2 aromatic heterocycles. The molecule has 3 aromatic rings. The first-order valence-electron chi connectivity index (χ1n) is 7.59. The summed E-state index contributed by atoms with van der Waals surface area (Å²) < 4.78 is 5.92. The first kappa shape index (κ1) is 18.4. The SMILES string of the molecule is Cc1[nH]c(=O)n(Cc2nc(C[C@H](O)c3ccc(Cl)cc3)no2)c(=O)c1Cl. The zero-order valence-electron chi connectivity index (χ0n) is 13.6. The van der Waals surface area contributed by atoms with Crippen LogP contribution in [-0.2, 0) is 13.0 Å². The lowest BCUT2D eigenvalue weighted by Crippen LogP contribution is -2.36. The molecular formula is C16H14Cl2N4O4. The molecule has 0 bridgehead atoms. The number of hydrogen-bond acceptors (Lipinski definition) is 6. The van der Waals surface area contributed by atoms with Crippen LogP contribution in [0.1, 0.15) is 29.1 Å². The molecule has 2 heterocycles. The average Bonchev–Trinajstić information content (AvgIpc) is 3.04. The molecule has 0 aliphatic heterocycles. The summed E-state index contributed by atoms with van der Waals surface area (Å²) in [7, 11) is 0. The third kappa shape index (κ3) is 3.87. The van der Waals surface area contributed by atoms with Crippen molar-refractivity contribution in [1.82, 2.24) is 19.7 Å². The molecule has 0 fully saturated rings. The summed E-state index contributed by atoms with van der Waals surface area (Å²) in [5.41, 5.74) is -0.333. The van der Waals surface area contributed by atoms with Gasteiger partial charge in [-0.15, -0.1) is 0 Å². The second kappa shape index (κ2) is 7.45. The highest BCUT2D eigenvalue weighted by molar-refractivity contribution is 6.31. The van der Waals surface area contributed by atoms with E-state index < -0.39 is 17.4 Å². The van der Waals surface area contributed by atoms with Gasteiger partial charge in [-0.25, -0.2) is 9.36 Å². The van der Waals surface area contributed by atoms with Crippen LogP contribution in [0.2, 0.25) is 10.0 Å². The third-order valence-electron chi connectivity index (χ3n) is 3.74. The Bertz CT molecular complexity index is 1040. The van der Waals surface area contributed by atoms with Gasteiger partial charge in [-0.2, -0.15) is 4.98 Å². The van der Waals surface area contributed by atoms with Gasteiger partial charge in [0.25, 0.3) is 5.56 Å². The van der Waals surface area contributed by atoms with E-state index >= 15 is 0 Å². The van der Waals surface area contributed by atoms with Crippen molar-refractivity contribution in [2.24, 2.45) is 0 Å². The number of nitrogens with zero attached hydrogens (tertiary/aromatic N) is 3. The van der Waals surface area contributed by atoms with Gasteiger partial charge in [0.1, 0.15) is 11.6 Å². The first-order chi connectivity index (χ1) is 12.3. The van der Waals surface area contributed by atoms with E-state index in [-0.39, 0.29) is 35.4 Å². The van der Waals surface area contributed by atoms with Gasteiger partial charge in [0.15, 0.2) is 5.82 Å². The molecule has 3 rings (SSSR count).